The van der Waals surface area contributed by atoms with Crippen LogP contribution in [-0.2, 0) is 43.2 Å². The first-order chi connectivity index (χ1) is 33.3. The molecule has 10 N–H and O–H groups in total. The van der Waals surface area contributed by atoms with Gasteiger partial charge in [-0.2, -0.15) is 0 Å². The molecule has 0 radical (unpaired) electrons. The van der Waals surface area contributed by atoms with Crippen molar-refractivity contribution in [3.63, 3.8) is 0 Å². The molecule has 70 heavy (non-hydrogen) atoms. The molecule has 0 spiro atoms. The molecule has 3 aromatic rings. The van der Waals surface area contributed by atoms with Gasteiger partial charge in [-0.15, -0.1) is 0 Å². The molecule has 23 heteroatoms. The first-order valence-electron chi connectivity index (χ1n) is 22.7. The molecule has 1 unspecified atom stereocenters. The number of nitrogens with one attached hydrogen (secondary N) is 7. The van der Waals surface area contributed by atoms with E-state index in [2.05, 4.69) is 41.9 Å². The number of hydrogen-bond donors (Lipinski definition) is 10. The van der Waals surface area contributed by atoms with E-state index in [0.717, 1.165) is 26.2 Å². The van der Waals surface area contributed by atoms with Crippen LogP contribution in [-0.4, -0.2) is 127 Å². The average molecular weight is 981 g/mol. The SMILES string of the molecule is CC(=O)N[C@@H](CC(=O)O)C(=O)N[C@@H](CCC(=O)O)C(=O)N[C@H](C(=O)N[C@@H](CCC(=O)O)C(=O)N[C@@H](CC1CCCCC1)C(=O)NC(CC(F)F)C(=O)c1ncc[nH]1)C(c1ccccc1)c1ccccc1. The Hall–Kier alpha value is -7.59. The van der Waals surface area contributed by atoms with E-state index < -0.39 is 146 Å². The number of carboxylic acid groups (broad SMARTS) is 3. The molecule has 21 nitrogen and oxygen atoms in total. The molecular formula is C47H58F2N8O13. The van der Waals surface area contributed by atoms with Gasteiger partial charge in [-0.05, 0) is 36.3 Å². The number of carboxylic acids is 3. The second-order valence-electron chi connectivity index (χ2n) is 16.9. The van der Waals surface area contributed by atoms with Crippen molar-refractivity contribution >= 4 is 59.1 Å². The van der Waals surface area contributed by atoms with Crippen LogP contribution >= 0.6 is 0 Å². The summed E-state index contributed by atoms with van der Waals surface area (Å²) in [7, 11) is 0. The van der Waals surface area contributed by atoms with E-state index in [4.69, 9.17) is 0 Å². The number of H-pyrrole nitrogens is 1. The molecular weight excluding hydrogens is 923 g/mol. The van der Waals surface area contributed by atoms with E-state index >= 15 is 0 Å². The number of alkyl halides is 2. The van der Waals surface area contributed by atoms with Crippen LogP contribution in [0.25, 0.3) is 0 Å². The number of carbonyl (C=O) groups is 10. The smallest absolute Gasteiger partial charge is 0.305 e. The summed E-state index contributed by atoms with van der Waals surface area (Å²) in [5.74, 6) is -13.1. The van der Waals surface area contributed by atoms with Gasteiger partial charge >= 0.3 is 17.9 Å². The number of amides is 6. The maximum absolute atomic E-state index is 14.9. The van der Waals surface area contributed by atoms with E-state index in [1.807, 2.05) is 0 Å². The van der Waals surface area contributed by atoms with Crippen LogP contribution in [0.3, 0.4) is 0 Å². The number of aromatic amines is 1. The summed E-state index contributed by atoms with van der Waals surface area (Å²) in [4.78, 5) is 138. The Morgan fingerprint density at radius 2 is 1.10 bits per heavy atom. The van der Waals surface area contributed by atoms with Gasteiger partial charge in [0.15, 0.2) is 5.82 Å². The van der Waals surface area contributed by atoms with Gasteiger partial charge in [0.2, 0.25) is 47.7 Å². The Balaban J connectivity index is 1.75. The van der Waals surface area contributed by atoms with Crippen LogP contribution in [0.4, 0.5) is 8.78 Å². The maximum atomic E-state index is 14.9. The molecule has 4 rings (SSSR count). The fourth-order valence-electron chi connectivity index (χ4n) is 8.20. The minimum absolute atomic E-state index is 0.0189. The number of Topliss-reactive ketones (excluding diaryl/α,β-unsaturated/α-hetero) is 1. The average Bonchev–Trinajstić information content (AvgIpc) is 3.86. The number of rotatable bonds is 28. The molecule has 1 aliphatic rings. The van der Waals surface area contributed by atoms with Crippen molar-refractivity contribution in [2.45, 2.75) is 133 Å². The van der Waals surface area contributed by atoms with Crippen LogP contribution in [0.5, 0.6) is 0 Å². The largest absolute Gasteiger partial charge is 0.481 e. The second-order valence-corrected chi connectivity index (χ2v) is 16.9. The van der Waals surface area contributed by atoms with Crippen molar-refractivity contribution in [2.24, 2.45) is 5.92 Å². The van der Waals surface area contributed by atoms with E-state index in [1.165, 1.54) is 12.4 Å². The zero-order chi connectivity index (χ0) is 51.3. The minimum atomic E-state index is -3.04. The zero-order valence-corrected chi connectivity index (χ0v) is 38.2. The monoisotopic (exact) mass is 980 g/mol. The van der Waals surface area contributed by atoms with Gasteiger partial charge in [0.25, 0.3) is 0 Å². The van der Waals surface area contributed by atoms with Crippen LogP contribution in [0.1, 0.15) is 112 Å². The van der Waals surface area contributed by atoms with Crippen LogP contribution in [0.15, 0.2) is 73.1 Å². The van der Waals surface area contributed by atoms with E-state index in [0.29, 0.717) is 24.0 Å². The summed E-state index contributed by atoms with van der Waals surface area (Å²) in [6.07, 6.45) is -1.37. The van der Waals surface area contributed by atoms with Crippen LogP contribution in [0, 0.1) is 5.92 Å². The number of aromatic nitrogens is 2. The summed E-state index contributed by atoms with van der Waals surface area (Å²) >= 11 is 0. The second kappa shape index (κ2) is 27.4. The van der Waals surface area contributed by atoms with Gasteiger partial charge in [0.1, 0.15) is 36.3 Å². The first-order valence-corrected chi connectivity index (χ1v) is 22.7. The van der Waals surface area contributed by atoms with Crippen LogP contribution < -0.4 is 31.9 Å². The highest BCUT2D eigenvalue weighted by Crippen LogP contribution is 2.30. The van der Waals surface area contributed by atoms with Crippen molar-refractivity contribution in [1.82, 2.24) is 41.9 Å². The third-order valence-electron chi connectivity index (χ3n) is 11.6. The molecule has 1 aliphatic carbocycles. The number of ketones is 1. The molecule has 1 fully saturated rings. The van der Waals surface area contributed by atoms with Crippen molar-refractivity contribution in [1.29, 1.82) is 0 Å². The number of carbonyl (C=O) groups excluding carboxylic acids is 7. The Labute approximate surface area is 400 Å². The Morgan fingerprint density at radius 1 is 0.614 bits per heavy atom. The number of halogens is 2. The molecule has 0 saturated heterocycles. The highest BCUT2D eigenvalue weighted by molar-refractivity contribution is 6.01. The molecule has 2 aromatic carbocycles. The minimum Gasteiger partial charge on any atom is -0.481 e. The van der Waals surface area contributed by atoms with Gasteiger partial charge in [-0.25, -0.2) is 13.8 Å². The van der Waals surface area contributed by atoms with Gasteiger partial charge in [-0.1, -0.05) is 92.8 Å². The topological polar surface area (TPSA) is 332 Å². The van der Waals surface area contributed by atoms with E-state index in [9.17, 15) is 72.0 Å². The molecule has 1 aromatic heterocycles. The lowest BCUT2D eigenvalue weighted by Crippen LogP contribution is -2.61. The number of aliphatic carboxylic acids is 3. The number of benzene rings is 2. The van der Waals surface area contributed by atoms with Crippen molar-refractivity contribution in [2.75, 3.05) is 0 Å². The fraction of sp³-hybridized carbons (Fsp3) is 0.468. The number of nitrogens with zero attached hydrogens (tertiary/aromatic N) is 1. The van der Waals surface area contributed by atoms with E-state index in [-0.39, 0.29) is 18.2 Å². The summed E-state index contributed by atoms with van der Waals surface area (Å²) in [6.45, 7) is 1.02. The molecule has 6 amide bonds. The lowest BCUT2D eigenvalue weighted by Gasteiger charge is -2.32. The first kappa shape index (κ1) is 55.0. The Morgan fingerprint density at radius 3 is 1.59 bits per heavy atom. The maximum Gasteiger partial charge on any atom is 0.305 e. The Kier molecular flexibility index (Phi) is 21.5. The predicted molar refractivity (Wildman–Crippen MR) is 243 cm³/mol. The van der Waals surface area contributed by atoms with Gasteiger partial charge in [-0.3, -0.25) is 47.9 Å². The lowest BCUT2D eigenvalue weighted by atomic mass is 9.84. The zero-order valence-electron chi connectivity index (χ0n) is 38.2. The number of imidazole rings is 1. The summed E-state index contributed by atoms with van der Waals surface area (Å²) in [5, 5.41) is 43.1. The highest BCUT2D eigenvalue weighted by atomic mass is 19.3. The van der Waals surface area contributed by atoms with Gasteiger partial charge in [0.05, 0.1) is 6.42 Å². The van der Waals surface area contributed by atoms with Crippen LogP contribution in [0.2, 0.25) is 0 Å². The van der Waals surface area contributed by atoms with Crippen molar-refractivity contribution < 1.29 is 72.0 Å². The number of hydrogen-bond acceptors (Lipinski definition) is 11. The Bertz CT molecular complexity index is 2230. The molecule has 0 bridgehead atoms. The quantitative estimate of drug-likeness (QED) is 0.0467. The summed E-state index contributed by atoms with van der Waals surface area (Å²) < 4.78 is 27.6. The molecule has 1 heterocycles. The van der Waals surface area contributed by atoms with Crippen molar-refractivity contribution in [3.05, 3.63) is 90.0 Å². The predicted octanol–water partition coefficient (Wildman–Crippen LogP) is 2.18. The fourth-order valence-corrected chi connectivity index (χ4v) is 8.20. The standard InChI is InChI=1S/C47H58F2N8O13/c1-26(58)52-34(25-38(63)64)46(69)53-31(18-20-37(61)62)44(67)57-40(39(28-13-7-3-8-14-28)29-15-9-4-10-16-29)47(70)54-30(17-19-36(59)60)43(66)56-33(23-27-11-5-2-6-12-27)45(68)55-32(24-35(48)49)41(65)42-50-21-22-51-42/h3-4,7-10,13-16,21-22,27,30-35,39-40H,2,5-6,11-12,17-20,23-25H2,1H3,(H,50,51)(H,52,58)(H,53,69)(H,54,70)(H,55,68)(H,56,66)(H,57,67)(H,59,60)(H,61,62)(H,63,64)/t30-,31-,32?,33-,34-,40-/m0/s1. The summed E-state index contributed by atoms with van der Waals surface area (Å²) in [5.41, 5.74) is 0.844. The third kappa shape index (κ3) is 17.8. The molecule has 378 valence electrons. The third-order valence-corrected chi connectivity index (χ3v) is 11.6. The summed E-state index contributed by atoms with van der Waals surface area (Å²) in [6, 6.07) is 6.14. The molecule has 1 saturated carbocycles. The van der Waals surface area contributed by atoms with Gasteiger partial charge in [0, 0.05) is 44.5 Å². The van der Waals surface area contributed by atoms with Crippen molar-refractivity contribution in [3.8, 4) is 0 Å². The lowest BCUT2D eigenvalue weighted by molar-refractivity contribution is -0.141. The molecule has 0 aliphatic heterocycles. The highest BCUT2D eigenvalue weighted by Gasteiger charge is 2.39. The normalized spacial score (nSPS) is 15.2. The molecule has 6 atom stereocenters. The van der Waals surface area contributed by atoms with E-state index in [1.54, 1.807) is 60.7 Å². The van der Waals surface area contributed by atoms with Gasteiger partial charge < -0.3 is 52.2 Å².